The summed E-state index contributed by atoms with van der Waals surface area (Å²) in [7, 11) is 2.09. The number of carbonyl (C=O) groups excluding carboxylic acids is 1. The fourth-order valence-electron chi connectivity index (χ4n) is 4.27. The molecule has 1 aliphatic heterocycles. The second kappa shape index (κ2) is 8.33. The molecule has 1 aliphatic rings. The van der Waals surface area contributed by atoms with Gasteiger partial charge in [-0.1, -0.05) is 0 Å². The Morgan fingerprint density at radius 1 is 1.12 bits per heavy atom. The van der Waals surface area contributed by atoms with Crippen molar-refractivity contribution in [1.29, 1.82) is 0 Å². The van der Waals surface area contributed by atoms with E-state index in [4.69, 9.17) is 0 Å². The first-order valence-corrected chi connectivity index (χ1v) is 11.4. The SMILES string of the molecule is Cc1cc(-n2ncc3cc(NC(=O)N[C@H]4CN(C)CC4c4ccc(C)s4)ncc32)ccn1. The van der Waals surface area contributed by atoms with Crippen molar-refractivity contribution >= 4 is 34.1 Å². The Kier molecular flexibility index (Phi) is 5.36. The number of amides is 2. The number of nitrogens with one attached hydrogen (secondary N) is 2. The molecule has 9 heteroatoms. The van der Waals surface area contributed by atoms with Gasteiger partial charge in [-0.2, -0.15) is 5.10 Å². The zero-order chi connectivity index (χ0) is 22.2. The fourth-order valence-corrected chi connectivity index (χ4v) is 5.31. The Bertz CT molecular complexity index is 1280. The molecule has 1 fully saturated rings. The maximum atomic E-state index is 12.8. The van der Waals surface area contributed by atoms with Crippen molar-refractivity contribution in [1.82, 2.24) is 30.0 Å². The molecule has 164 valence electrons. The molecule has 0 aromatic carbocycles. The molecule has 4 aromatic heterocycles. The van der Waals surface area contributed by atoms with Gasteiger partial charge in [0.1, 0.15) is 5.82 Å². The molecule has 0 bridgehead atoms. The number of fused-ring (bicyclic) bond motifs is 1. The number of carbonyl (C=O) groups is 1. The van der Waals surface area contributed by atoms with Gasteiger partial charge in [-0.15, -0.1) is 11.3 Å². The highest BCUT2D eigenvalue weighted by Gasteiger charge is 2.34. The zero-order valence-corrected chi connectivity index (χ0v) is 19.1. The molecular weight excluding hydrogens is 422 g/mol. The summed E-state index contributed by atoms with van der Waals surface area (Å²) in [6.45, 7) is 5.81. The number of pyridine rings is 2. The van der Waals surface area contributed by atoms with E-state index >= 15 is 0 Å². The minimum Gasteiger partial charge on any atom is -0.333 e. The summed E-state index contributed by atoms with van der Waals surface area (Å²) < 4.78 is 1.82. The van der Waals surface area contributed by atoms with Gasteiger partial charge in [0, 0.05) is 46.0 Å². The molecule has 4 aromatic rings. The van der Waals surface area contributed by atoms with Crippen LogP contribution in [-0.2, 0) is 0 Å². The summed E-state index contributed by atoms with van der Waals surface area (Å²) in [5.74, 6) is 0.789. The van der Waals surface area contributed by atoms with Crippen LogP contribution < -0.4 is 10.6 Å². The third-order valence-corrected chi connectivity index (χ3v) is 6.90. The smallest absolute Gasteiger partial charge is 0.320 e. The predicted octanol–water partition coefficient (Wildman–Crippen LogP) is 3.71. The number of nitrogens with zero attached hydrogens (tertiary/aromatic N) is 5. The number of thiophene rings is 1. The monoisotopic (exact) mass is 447 g/mol. The molecule has 1 unspecified atom stereocenters. The molecule has 2 atom stereocenters. The Morgan fingerprint density at radius 3 is 2.78 bits per heavy atom. The predicted molar refractivity (Wildman–Crippen MR) is 127 cm³/mol. The van der Waals surface area contributed by atoms with Gasteiger partial charge in [0.15, 0.2) is 0 Å². The van der Waals surface area contributed by atoms with Crippen molar-refractivity contribution in [2.24, 2.45) is 0 Å². The van der Waals surface area contributed by atoms with Crippen molar-refractivity contribution in [2.75, 3.05) is 25.5 Å². The lowest BCUT2D eigenvalue weighted by molar-refractivity contribution is 0.247. The van der Waals surface area contributed by atoms with Crippen LogP contribution in [0.2, 0.25) is 0 Å². The molecule has 0 spiro atoms. The van der Waals surface area contributed by atoms with Gasteiger partial charge in [0.05, 0.1) is 29.6 Å². The third kappa shape index (κ3) is 4.09. The van der Waals surface area contributed by atoms with Gasteiger partial charge in [-0.05, 0) is 51.2 Å². The molecule has 5 heterocycles. The quantitative estimate of drug-likeness (QED) is 0.498. The molecule has 1 saturated heterocycles. The zero-order valence-electron chi connectivity index (χ0n) is 18.2. The first-order chi connectivity index (χ1) is 15.5. The topological polar surface area (TPSA) is 88.0 Å². The second-order valence-corrected chi connectivity index (χ2v) is 9.64. The number of urea groups is 1. The van der Waals surface area contributed by atoms with Crippen molar-refractivity contribution < 1.29 is 4.79 Å². The normalized spacial score (nSPS) is 18.8. The first kappa shape index (κ1) is 20.6. The molecule has 0 aliphatic carbocycles. The largest absolute Gasteiger partial charge is 0.333 e. The van der Waals surface area contributed by atoms with Crippen LogP contribution in [0.25, 0.3) is 16.6 Å². The van der Waals surface area contributed by atoms with Crippen molar-refractivity contribution in [3.63, 3.8) is 0 Å². The van der Waals surface area contributed by atoms with E-state index in [-0.39, 0.29) is 12.1 Å². The highest BCUT2D eigenvalue weighted by molar-refractivity contribution is 7.12. The molecule has 0 radical (unpaired) electrons. The summed E-state index contributed by atoms with van der Waals surface area (Å²) in [5.41, 5.74) is 2.71. The van der Waals surface area contributed by atoms with E-state index in [1.807, 2.05) is 29.8 Å². The van der Waals surface area contributed by atoms with E-state index in [1.54, 1.807) is 29.9 Å². The summed E-state index contributed by atoms with van der Waals surface area (Å²) >= 11 is 1.80. The molecule has 2 N–H and O–H groups in total. The van der Waals surface area contributed by atoms with Gasteiger partial charge >= 0.3 is 6.03 Å². The van der Waals surface area contributed by atoms with Crippen LogP contribution >= 0.6 is 11.3 Å². The van der Waals surface area contributed by atoms with Crippen LogP contribution in [0.1, 0.15) is 21.4 Å². The van der Waals surface area contributed by atoms with E-state index < -0.39 is 0 Å². The van der Waals surface area contributed by atoms with Crippen molar-refractivity contribution in [3.05, 3.63) is 64.4 Å². The van der Waals surface area contributed by atoms with E-state index in [0.29, 0.717) is 11.7 Å². The number of hydrogen-bond acceptors (Lipinski definition) is 6. The molecule has 5 rings (SSSR count). The lowest BCUT2D eigenvalue weighted by Crippen LogP contribution is -2.42. The Hall–Kier alpha value is -3.30. The first-order valence-electron chi connectivity index (χ1n) is 10.6. The van der Waals surface area contributed by atoms with Gasteiger partial charge in [-0.25, -0.2) is 14.5 Å². The summed E-state index contributed by atoms with van der Waals surface area (Å²) in [6.07, 6.45) is 5.27. The fraction of sp³-hybridized carbons (Fsp3) is 0.304. The van der Waals surface area contributed by atoms with E-state index in [2.05, 4.69) is 56.7 Å². The summed E-state index contributed by atoms with van der Waals surface area (Å²) in [4.78, 5) is 26.3. The minimum absolute atomic E-state index is 0.0551. The standard InChI is InChI=1S/C23H25N7OS/c1-14-8-17(6-7-24-14)30-20-11-25-22(9-16(20)10-26-30)28-23(31)27-19-13-29(3)12-18(19)21-5-4-15(2)32-21/h4-11,18-19H,12-13H2,1-3H3,(H2,25,27,28,31)/t18?,19-/m0/s1. The van der Waals surface area contributed by atoms with Crippen molar-refractivity contribution in [2.45, 2.75) is 25.8 Å². The molecule has 2 amide bonds. The highest BCUT2D eigenvalue weighted by atomic mass is 32.1. The highest BCUT2D eigenvalue weighted by Crippen LogP contribution is 2.32. The average molecular weight is 448 g/mol. The molecular formula is C23H25N7OS. The van der Waals surface area contributed by atoms with E-state index in [1.165, 1.54) is 9.75 Å². The maximum Gasteiger partial charge on any atom is 0.320 e. The number of likely N-dealkylation sites (N-methyl/N-ethyl adjacent to an activating group) is 1. The number of aryl methyl sites for hydroxylation is 2. The van der Waals surface area contributed by atoms with E-state index in [0.717, 1.165) is 35.4 Å². The molecule has 0 saturated carbocycles. The van der Waals surface area contributed by atoms with Crippen LogP contribution in [0, 0.1) is 13.8 Å². The summed E-state index contributed by atoms with van der Waals surface area (Å²) in [5, 5.41) is 11.4. The lowest BCUT2D eigenvalue weighted by atomic mass is 10.0. The Balaban J connectivity index is 1.30. The van der Waals surface area contributed by atoms with Crippen LogP contribution in [0.4, 0.5) is 10.6 Å². The number of hydrogen-bond donors (Lipinski definition) is 2. The number of rotatable bonds is 4. The van der Waals surface area contributed by atoms with Gasteiger partial charge in [-0.3, -0.25) is 10.3 Å². The lowest BCUT2D eigenvalue weighted by Gasteiger charge is -2.19. The molecule has 32 heavy (non-hydrogen) atoms. The van der Waals surface area contributed by atoms with Crippen LogP contribution in [0.3, 0.4) is 0 Å². The van der Waals surface area contributed by atoms with Gasteiger partial charge in [0.25, 0.3) is 0 Å². The summed E-state index contributed by atoms with van der Waals surface area (Å²) in [6, 6.07) is 9.84. The Labute approximate surface area is 190 Å². The Morgan fingerprint density at radius 2 is 2.00 bits per heavy atom. The number of aromatic nitrogens is 4. The average Bonchev–Trinajstić information content (AvgIpc) is 3.46. The van der Waals surface area contributed by atoms with Gasteiger partial charge in [0.2, 0.25) is 0 Å². The maximum absolute atomic E-state index is 12.8. The van der Waals surface area contributed by atoms with Crippen LogP contribution in [-0.4, -0.2) is 56.9 Å². The molecule has 8 nitrogen and oxygen atoms in total. The van der Waals surface area contributed by atoms with Crippen LogP contribution in [0.5, 0.6) is 0 Å². The third-order valence-electron chi connectivity index (χ3n) is 5.77. The minimum atomic E-state index is -0.243. The van der Waals surface area contributed by atoms with Crippen molar-refractivity contribution in [3.8, 4) is 5.69 Å². The van der Waals surface area contributed by atoms with Crippen LogP contribution in [0.15, 0.2) is 48.9 Å². The van der Waals surface area contributed by atoms with E-state index in [9.17, 15) is 4.79 Å². The number of likely N-dealkylation sites (tertiary alicyclic amines) is 1. The number of anilines is 1. The second-order valence-electron chi connectivity index (χ2n) is 8.32. The van der Waals surface area contributed by atoms with Gasteiger partial charge < -0.3 is 10.2 Å².